The van der Waals surface area contributed by atoms with E-state index in [-0.39, 0.29) is 11.8 Å². The van der Waals surface area contributed by atoms with E-state index in [4.69, 9.17) is 4.74 Å². The first-order chi connectivity index (χ1) is 11.9. The Labute approximate surface area is 150 Å². The van der Waals surface area contributed by atoms with E-state index < -0.39 is 10.2 Å². The van der Waals surface area contributed by atoms with E-state index in [2.05, 4.69) is 5.32 Å². The molecule has 0 atom stereocenters. The molecule has 1 aromatic rings. The number of nitrogens with zero attached hydrogens (tertiary/aromatic N) is 2. The van der Waals surface area contributed by atoms with Crippen LogP contribution in [0.2, 0.25) is 0 Å². The molecular weight excluding hydrogens is 342 g/mol. The third-order valence-electron chi connectivity index (χ3n) is 4.34. The van der Waals surface area contributed by atoms with Crippen molar-refractivity contribution in [3.8, 4) is 5.75 Å². The molecule has 0 aromatic heterocycles. The number of carbonyl (C=O) groups is 1. The normalized spacial score (nSPS) is 16.8. The molecule has 1 amide bonds. The molecule has 8 heteroatoms. The van der Waals surface area contributed by atoms with E-state index in [1.807, 2.05) is 31.2 Å². The largest absolute Gasteiger partial charge is 0.494 e. The molecule has 0 aliphatic carbocycles. The first kappa shape index (κ1) is 19.7. The molecule has 0 radical (unpaired) electrons. The molecule has 0 saturated carbocycles. The number of hydrogen-bond acceptors (Lipinski definition) is 4. The second-order valence-electron chi connectivity index (χ2n) is 6.22. The maximum atomic E-state index is 12.4. The highest BCUT2D eigenvalue weighted by molar-refractivity contribution is 7.86. The molecule has 1 heterocycles. The summed E-state index contributed by atoms with van der Waals surface area (Å²) in [6, 6.07) is 7.62. The number of para-hydroxylation sites is 1. The Bertz CT molecular complexity index is 683. The molecule has 2 rings (SSSR count). The van der Waals surface area contributed by atoms with Crippen LogP contribution in [-0.2, 0) is 21.5 Å². The third kappa shape index (κ3) is 4.93. The average Bonchev–Trinajstić information content (AvgIpc) is 2.61. The number of rotatable bonds is 7. The Kier molecular flexibility index (Phi) is 6.80. The van der Waals surface area contributed by atoms with Crippen LogP contribution < -0.4 is 10.1 Å². The van der Waals surface area contributed by atoms with Crippen LogP contribution in [0.5, 0.6) is 5.75 Å². The molecule has 1 aliphatic rings. The van der Waals surface area contributed by atoms with Gasteiger partial charge in [-0.15, -0.1) is 0 Å². The second-order valence-corrected chi connectivity index (χ2v) is 8.36. The Morgan fingerprint density at radius 1 is 1.28 bits per heavy atom. The zero-order valence-corrected chi connectivity index (χ0v) is 15.9. The van der Waals surface area contributed by atoms with Gasteiger partial charge in [0.05, 0.1) is 6.61 Å². The van der Waals surface area contributed by atoms with Gasteiger partial charge in [0.2, 0.25) is 5.91 Å². The summed E-state index contributed by atoms with van der Waals surface area (Å²) in [4.78, 5) is 12.4. The predicted molar refractivity (Wildman–Crippen MR) is 96.4 cm³/mol. The number of amides is 1. The fraction of sp³-hybridized carbons (Fsp3) is 0.588. The first-order valence-corrected chi connectivity index (χ1v) is 9.92. The summed E-state index contributed by atoms with van der Waals surface area (Å²) in [6.07, 6.45) is 1.07. The first-order valence-electron chi connectivity index (χ1n) is 8.52. The van der Waals surface area contributed by atoms with Crippen molar-refractivity contribution in [2.75, 3.05) is 33.8 Å². The van der Waals surface area contributed by atoms with Crippen molar-refractivity contribution in [3.05, 3.63) is 29.8 Å². The summed E-state index contributed by atoms with van der Waals surface area (Å²) in [5.74, 6) is 0.582. The highest BCUT2D eigenvalue weighted by atomic mass is 32.2. The molecule has 7 nitrogen and oxygen atoms in total. The van der Waals surface area contributed by atoms with Crippen LogP contribution in [0.4, 0.5) is 0 Å². The standard InChI is InChI=1S/C17H27N3O4S/c1-4-24-16-8-6-5-7-15(16)13-18-17(21)14-9-11-20(12-10-14)25(22,23)19(2)3/h5-8,14H,4,9-13H2,1-3H3,(H,18,21). The van der Waals surface area contributed by atoms with Gasteiger partial charge < -0.3 is 10.1 Å². The SMILES string of the molecule is CCOc1ccccc1CNC(=O)C1CCN(S(=O)(=O)N(C)C)CC1. The van der Waals surface area contributed by atoms with Crippen LogP contribution >= 0.6 is 0 Å². The minimum Gasteiger partial charge on any atom is -0.494 e. The Morgan fingerprint density at radius 3 is 2.52 bits per heavy atom. The maximum Gasteiger partial charge on any atom is 0.281 e. The van der Waals surface area contributed by atoms with Crippen LogP contribution in [0.15, 0.2) is 24.3 Å². The van der Waals surface area contributed by atoms with Gasteiger partial charge in [-0.25, -0.2) is 0 Å². The molecule has 1 aliphatic heterocycles. The number of ether oxygens (including phenoxy) is 1. The van der Waals surface area contributed by atoms with Crippen molar-refractivity contribution in [3.63, 3.8) is 0 Å². The van der Waals surface area contributed by atoms with E-state index in [0.717, 1.165) is 11.3 Å². The molecule has 0 unspecified atom stereocenters. The number of nitrogens with one attached hydrogen (secondary N) is 1. The number of piperidine rings is 1. The van der Waals surface area contributed by atoms with Gasteiger partial charge in [0.15, 0.2) is 0 Å². The summed E-state index contributed by atoms with van der Waals surface area (Å²) < 4.78 is 32.4. The lowest BCUT2D eigenvalue weighted by Crippen LogP contribution is -2.46. The van der Waals surface area contributed by atoms with Crippen LogP contribution in [0.3, 0.4) is 0 Å². The summed E-state index contributed by atoms with van der Waals surface area (Å²) in [7, 11) is -0.362. The van der Waals surface area contributed by atoms with Gasteiger partial charge in [-0.05, 0) is 25.8 Å². The van der Waals surface area contributed by atoms with Crippen molar-refractivity contribution >= 4 is 16.1 Å². The van der Waals surface area contributed by atoms with Gasteiger partial charge in [-0.3, -0.25) is 4.79 Å². The fourth-order valence-corrected chi connectivity index (χ4v) is 3.99. The lowest BCUT2D eigenvalue weighted by molar-refractivity contribution is -0.126. The molecule has 1 N–H and O–H groups in total. The molecule has 25 heavy (non-hydrogen) atoms. The van der Waals surface area contributed by atoms with Crippen molar-refractivity contribution in [1.82, 2.24) is 13.9 Å². The zero-order chi connectivity index (χ0) is 18.4. The van der Waals surface area contributed by atoms with Gasteiger partial charge in [0.25, 0.3) is 10.2 Å². The van der Waals surface area contributed by atoms with Crippen molar-refractivity contribution in [2.45, 2.75) is 26.3 Å². The summed E-state index contributed by atoms with van der Waals surface area (Å²) >= 11 is 0. The van der Waals surface area contributed by atoms with Crippen molar-refractivity contribution in [1.29, 1.82) is 0 Å². The molecule has 0 bridgehead atoms. The number of benzene rings is 1. The zero-order valence-electron chi connectivity index (χ0n) is 15.1. The Morgan fingerprint density at radius 2 is 1.92 bits per heavy atom. The van der Waals surface area contributed by atoms with Gasteiger partial charge in [0.1, 0.15) is 5.75 Å². The summed E-state index contributed by atoms with van der Waals surface area (Å²) in [5.41, 5.74) is 0.935. The topological polar surface area (TPSA) is 79.0 Å². The lowest BCUT2D eigenvalue weighted by atomic mass is 9.97. The van der Waals surface area contributed by atoms with E-state index in [1.165, 1.54) is 22.7 Å². The van der Waals surface area contributed by atoms with E-state index in [9.17, 15) is 13.2 Å². The van der Waals surface area contributed by atoms with Crippen LogP contribution in [-0.4, -0.2) is 56.7 Å². The molecule has 140 valence electrons. The smallest absolute Gasteiger partial charge is 0.281 e. The summed E-state index contributed by atoms with van der Waals surface area (Å²) in [6.45, 7) is 3.64. The van der Waals surface area contributed by atoms with Crippen LogP contribution in [0.25, 0.3) is 0 Å². The molecule has 1 fully saturated rings. The van der Waals surface area contributed by atoms with Crippen LogP contribution in [0.1, 0.15) is 25.3 Å². The highest BCUT2D eigenvalue weighted by Gasteiger charge is 2.32. The van der Waals surface area contributed by atoms with Gasteiger partial charge in [-0.1, -0.05) is 18.2 Å². The average molecular weight is 369 g/mol. The number of hydrogen-bond donors (Lipinski definition) is 1. The number of carbonyl (C=O) groups excluding carboxylic acids is 1. The maximum absolute atomic E-state index is 12.4. The van der Waals surface area contributed by atoms with E-state index >= 15 is 0 Å². The Balaban J connectivity index is 1.87. The molecule has 1 saturated heterocycles. The minimum absolute atomic E-state index is 0.0341. The quantitative estimate of drug-likeness (QED) is 0.784. The second kappa shape index (κ2) is 8.64. The van der Waals surface area contributed by atoms with Gasteiger partial charge >= 0.3 is 0 Å². The fourth-order valence-electron chi connectivity index (χ4n) is 2.85. The molecule has 1 aromatic carbocycles. The Hall–Kier alpha value is -1.64. The summed E-state index contributed by atoms with van der Waals surface area (Å²) in [5, 5.41) is 2.95. The van der Waals surface area contributed by atoms with Gasteiger partial charge in [-0.2, -0.15) is 17.0 Å². The third-order valence-corrected chi connectivity index (χ3v) is 6.28. The monoisotopic (exact) mass is 369 g/mol. The highest BCUT2D eigenvalue weighted by Crippen LogP contribution is 2.22. The predicted octanol–water partition coefficient (Wildman–Crippen LogP) is 1.22. The minimum atomic E-state index is -3.40. The van der Waals surface area contributed by atoms with Crippen LogP contribution in [0, 0.1) is 5.92 Å². The molecule has 0 spiro atoms. The van der Waals surface area contributed by atoms with Crippen molar-refractivity contribution in [2.24, 2.45) is 5.92 Å². The van der Waals surface area contributed by atoms with E-state index in [0.29, 0.717) is 39.1 Å². The lowest BCUT2D eigenvalue weighted by Gasteiger charge is -2.32. The van der Waals surface area contributed by atoms with Gasteiger partial charge in [0, 0.05) is 45.2 Å². The van der Waals surface area contributed by atoms with Crippen molar-refractivity contribution < 1.29 is 17.9 Å². The van der Waals surface area contributed by atoms with E-state index in [1.54, 1.807) is 0 Å². The molecular formula is C17H27N3O4S.